The van der Waals surface area contributed by atoms with Crippen LogP contribution >= 0.6 is 0 Å². The lowest BCUT2D eigenvalue weighted by Crippen LogP contribution is -1.97. The van der Waals surface area contributed by atoms with Crippen molar-refractivity contribution in [3.8, 4) is 11.3 Å². The van der Waals surface area contributed by atoms with Crippen LogP contribution in [0.5, 0.6) is 0 Å². The molecule has 3 aromatic rings. The van der Waals surface area contributed by atoms with E-state index >= 15 is 0 Å². The SMILES string of the molecule is CNc1cc(-c2ccccc2)nc2c(COC)cccc12. The maximum atomic E-state index is 5.29. The highest BCUT2D eigenvalue weighted by atomic mass is 16.5. The molecule has 0 aliphatic rings. The molecule has 2 aromatic carbocycles. The van der Waals surface area contributed by atoms with Crippen molar-refractivity contribution in [1.29, 1.82) is 0 Å². The normalized spacial score (nSPS) is 10.8. The summed E-state index contributed by atoms with van der Waals surface area (Å²) in [6.07, 6.45) is 0. The second-order valence-corrected chi connectivity index (χ2v) is 4.92. The van der Waals surface area contributed by atoms with Gasteiger partial charge in [0, 0.05) is 36.4 Å². The predicted octanol–water partition coefficient (Wildman–Crippen LogP) is 4.09. The van der Waals surface area contributed by atoms with E-state index < -0.39 is 0 Å². The van der Waals surface area contributed by atoms with Gasteiger partial charge in [0.1, 0.15) is 0 Å². The van der Waals surface area contributed by atoms with Crippen LogP contribution in [0.15, 0.2) is 54.6 Å². The van der Waals surface area contributed by atoms with Crippen LogP contribution in [0.25, 0.3) is 22.2 Å². The van der Waals surface area contributed by atoms with Crippen molar-refractivity contribution >= 4 is 16.6 Å². The lowest BCUT2D eigenvalue weighted by molar-refractivity contribution is 0.186. The van der Waals surface area contributed by atoms with Crippen LogP contribution < -0.4 is 5.32 Å². The quantitative estimate of drug-likeness (QED) is 0.780. The molecule has 106 valence electrons. The van der Waals surface area contributed by atoms with Gasteiger partial charge in [0.25, 0.3) is 0 Å². The average Bonchev–Trinajstić information content (AvgIpc) is 2.55. The number of nitrogens with one attached hydrogen (secondary N) is 1. The van der Waals surface area contributed by atoms with Crippen molar-refractivity contribution in [2.75, 3.05) is 19.5 Å². The molecule has 1 aromatic heterocycles. The molecule has 0 unspecified atom stereocenters. The van der Waals surface area contributed by atoms with Gasteiger partial charge in [0.15, 0.2) is 0 Å². The summed E-state index contributed by atoms with van der Waals surface area (Å²) in [7, 11) is 3.64. The van der Waals surface area contributed by atoms with E-state index in [1.54, 1.807) is 7.11 Å². The molecule has 0 radical (unpaired) electrons. The molecule has 1 N–H and O–H groups in total. The van der Waals surface area contributed by atoms with Crippen LogP contribution in [0.1, 0.15) is 5.56 Å². The number of fused-ring (bicyclic) bond motifs is 1. The summed E-state index contributed by atoms with van der Waals surface area (Å²) in [5.41, 5.74) is 5.25. The molecule has 0 spiro atoms. The van der Waals surface area contributed by atoms with Crippen molar-refractivity contribution in [3.05, 3.63) is 60.2 Å². The Morgan fingerprint density at radius 1 is 1.05 bits per heavy atom. The lowest BCUT2D eigenvalue weighted by atomic mass is 10.0. The van der Waals surface area contributed by atoms with Crippen molar-refractivity contribution < 1.29 is 4.74 Å². The highest BCUT2D eigenvalue weighted by molar-refractivity contribution is 5.95. The van der Waals surface area contributed by atoms with Crippen LogP contribution in [0.3, 0.4) is 0 Å². The molecule has 21 heavy (non-hydrogen) atoms. The predicted molar refractivity (Wildman–Crippen MR) is 87.4 cm³/mol. The molecule has 0 aliphatic heterocycles. The van der Waals surface area contributed by atoms with E-state index in [1.165, 1.54) is 0 Å². The highest BCUT2D eigenvalue weighted by Gasteiger charge is 2.09. The van der Waals surface area contributed by atoms with E-state index in [0.29, 0.717) is 6.61 Å². The first kappa shape index (κ1) is 13.6. The number of anilines is 1. The molecule has 0 atom stereocenters. The zero-order chi connectivity index (χ0) is 14.7. The Labute approximate surface area is 124 Å². The summed E-state index contributed by atoms with van der Waals surface area (Å²) in [6.45, 7) is 0.561. The Balaban J connectivity index is 2.26. The average molecular weight is 278 g/mol. The number of hydrogen-bond acceptors (Lipinski definition) is 3. The van der Waals surface area contributed by atoms with Crippen LogP contribution in [-0.4, -0.2) is 19.1 Å². The lowest BCUT2D eigenvalue weighted by Gasteiger charge is -2.12. The number of rotatable bonds is 4. The molecule has 0 amide bonds. The molecular formula is C18H18N2O. The standard InChI is InChI=1S/C18H18N2O/c1-19-17-11-16(13-7-4-3-5-8-13)20-18-14(12-21-2)9-6-10-15(17)18/h3-11H,12H2,1-2H3,(H,19,20). The van der Waals surface area contributed by atoms with Gasteiger partial charge in [-0.15, -0.1) is 0 Å². The topological polar surface area (TPSA) is 34.2 Å². The Morgan fingerprint density at radius 3 is 2.57 bits per heavy atom. The number of benzene rings is 2. The number of aromatic nitrogens is 1. The van der Waals surface area contributed by atoms with Gasteiger partial charge in [-0.3, -0.25) is 0 Å². The number of ether oxygens (including phenoxy) is 1. The smallest absolute Gasteiger partial charge is 0.0785 e. The van der Waals surface area contributed by atoms with Crippen LogP contribution in [-0.2, 0) is 11.3 Å². The third-order valence-electron chi connectivity index (χ3n) is 3.56. The Kier molecular flexibility index (Phi) is 3.84. The minimum Gasteiger partial charge on any atom is -0.388 e. The first-order valence-electron chi connectivity index (χ1n) is 6.98. The molecular weight excluding hydrogens is 260 g/mol. The maximum absolute atomic E-state index is 5.29. The zero-order valence-electron chi connectivity index (χ0n) is 12.3. The Bertz CT molecular complexity index is 754. The number of nitrogens with zero attached hydrogens (tertiary/aromatic N) is 1. The molecule has 0 saturated heterocycles. The second kappa shape index (κ2) is 5.94. The summed E-state index contributed by atoms with van der Waals surface area (Å²) < 4.78 is 5.29. The summed E-state index contributed by atoms with van der Waals surface area (Å²) in [6, 6.07) is 18.5. The molecule has 0 fully saturated rings. The fraction of sp³-hybridized carbons (Fsp3) is 0.167. The largest absolute Gasteiger partial charge is 0.388 e. The summed E-state index contributed by atoms with van der Waals surface area (Å²) >= 11 is 0. The third-order valence-corrected chi connectivity index (χ3v) is 3.56. The molecule has 3 nitrogen and oxygen atoms in total. The first-order valence-corrected chi connectivity index (χ1v) is 6.98. The fourth-order valence-electron chi connectivity index (χ4n) is 2.54. The number of para-hydroxylation sites is 1. The fourth-order valence-corrected chi connectivity index (χ4v) is 2.54. The maximum Gasteiger partial charge on any atom is 0.0785 e. The van der Waals surface area contributed by atoms with Gasteiger partial charge in [-0.25, -0.2) is 4.98 Å². The van der Waals surface area contributed by atoms with Crippen LogP contribution in [0.4, 0.5) is 5.69 Å². The molecule has 0 bridgehead atoms. The Hall–Kier alpha value is -2.39. The number of hydrogen-bond donors (Lipinski definition) is 1. The third kappa shape index (κ3) is 2.60. The summed E-state index contributed by atoms with van der Waals surface area (Å²) in [5.74, 6) is 0. The molecule has 1 heterocycles. The van der Waals surface area contributed by atoms with Crippen molar-refractivity contribution in [3.63, 3.8) is 0 Å². The van der Waals surface area contributed by atoms with Gasteiger partial charge in [-0.1, -0.05) is 48.5 Å². The second-order valence-electron chi connectivity index (χ2n) is 4.92. The minimum absolute atomic E-state index is 0.561. The molecule has 0 saturated carbocycles. The van der Waals surface area contributed by atoms with Gasteiger partial charge in [0.2, 0.25) is 0 Å². The van der Waals surface area contributed by atoms with E-state index in [9.17, 15) is 0 Å². The molecule has 3 rings (SSSR count). The van der Waals surface area contributed by atoms with E-state index in [0.717, 1.165) is 33.4 Å². The Morgan fingerprint density at radius 2 is 1.86 bits per heavy atom. The van der Waals surface area contributed by atoms with Crippen molar-refractivity contribution in [2.24, 2.45) is 0 Å². The molecule has 0 aliphatic carbocycles. The van der Waals surface area contributed by atoms with E-state index in [1.807, 2.05) is 31.3 Å². The van der Waals surface area contributed by atoms with Crippen molar-refractivity contribution in [2.45, 2.75) is 6.61 Å². The van der Waals surface area contributed by atoms with Crippen molar-refractivity contribution in [1.82, 2.24) is 4.98 Å². The first-order chi connectivity index (χ1) is 10.3. The van der Waals surface area contributed by atoms with Gasteiger partial charge in [-0.2, -0.15) is 0 Å². The summed E-state index contributed by atoms with van der Waals surface area (Å²) in [5, 5.41) is 4.39. The monoisotopic (exact) mass is 278 g/mol. The minimum atomic E-state index is 0.561. The van der Waals surface area contributed by atoms with E-state index in [2.05, 4.69) is 35.6 Å². The highest BCUT2D eigenvalue weighted by Crippen LogP contribution is 2.30. The zero-order valence-corrected chi connectivity index (χ0v) is 12.3. The van der Waals surface area contributed by atoms with Gasteiger partial charge in [-0.05, 0) is 6.07 Å². The summed E-state index contributed by atoms with van der Waals surface area (Å²) in [4.78, 5) is 4.85. The number of pyridine rings is 1. The van der Waals surface area contributed by atoms with Gasteiger partial charge in [0.05, 0.1) is 17.8 Å². The number of methoxy groups -OCH3 is 1. The molecule has 3 heteroatoms. The van der Waals surface area contributed by atoms with Crippen LogP contribution in [0, 0.1) is 0 Å². The van der Waals surface area contributed by atoms with E-state index in [4.69, 9.17) is 9.72 Å². The van der Waals surface area contributed by atoms with Gasteiger partial charge >= 0.3 is 0 Å². The van der Waals surface area contributed by atoms with E-state index in [-0.39, 0.29) is 0 Å². The van der Waals surface area contributed by atoms with Gasteiger partial charge < -0.3 is 10.1 Å². The van der Waals surface area contributed by atoms with Crippen LogP contribution in [0.2, 0.25) is 0 Å².